The molecule has 0 amide bonds. The van der Waals surface area contributed by atoms with Gasteiger partial charge in [0.2, 0.25) is 0 Å². The fourth-order valence-electron chi connectivity index (χ4n) is 5.35. The van der Waals surface area contributed by atoms with Crippen molar-refractivity contribution in [3.05, 3.63) is 11.6 Å². The second kappa shape index (κ2) is 7.17. The third-order valence-corrected chi connectivity index (χ3v) is 6.95. The number of quaternary nitrogens is 1. The molecule has 0 saturated carbocycles. The van der Waals surface area contributed by atoms with Crippen LogP contribution in [0.4, 0.5) is 0 Å². The smallest absolute Gasteiger partial charge is 0.302 e. The molecule has 5 atom stereocenters. The molecule has 0 unspecified atom stereocenters. The van der Waals surface area contributed by atoms with Crippen LogP contribution in [-0.4, -0.2) is 44.9 Å². The maximum absolute atomic E-state index is 11.4. The molecule has 0 spiro atoms. The van der Waals surface area contributed by atoms with Crippen LogP contribution in [0.25, 0.3) is 0 Å². The molecule has 2 bridgehead atoms. The topological polar surface area (TPSA) is 40.0 Å². The Morgan fingerprint density at radius 2 is 2.04 bits per heavy atom. The number of ether oxygens (including phenoxy) is 2. The Morgan fingerprint density at radius 3 is 2.71 bits per heavy atom. The van der Waals surface area contributed by atoms with Crippen molar-refractivity contribution in [2.24, 2.45) is 23.2 Å². The second-order valence-electron chi connectivity index (χ2n) is 8.39. The van der Waals surface area contributed by atoms with E-state index in [0.29, 0.717) is 37.1 Å². The third-order valence-electron chi connectivity index (χ3n) is 6.95. The van der Waals surface area contributed by atoms with E-state index in [4.69, 9.17) is 9.47 Å². The number of rotatable bonds is 4. The van der Waals surface area contributed by atoms with E-state index in [1.165, 1.54) is 44.8 Å². The van der Waals surface area contributed by atoms with Gasteiger partial charge in [0.1, 0.15) is 12.6 Å². The lowest BCUT2D eigenvalue weighted by Crippen LogP contribution is -3.14. The van der Waals surface area contributed by atoms with Crippen molar-refractivity contribution in [3.8, 4) is 0 Å². The minimum Gasteiger partial charge on any atom is -0.465 e. The maximum Gasteiger partial charge on any atom is 0.302 e. The highest BCUT2D eigenvalue weighted by atomic mass is 16.5. The first-order valence-corrected chi connectivity index (χ1v) is 9.71. The minimum absolute atomic E-state index is 0.0659. The number of piperidine rings is 1. The van der Waals surface area contributed by atoms with Crippen molar-refractivity contribution in [2.75, 3.05) is 32.8 Å². The highest BCUT2D eigenvalue weighted by molar-refractivity contribution is 5.65. The number of hydrogen-bond donors (Lipinski definition) is 1. The predicted molar refractivity (Wildman–Crippen MR) is 93.8 cm³/mol. The highest BCUT2D eigenvalue weighted by Crippen LogP contribution is 2.52. The fraction of sp³-hybridized carbons (Fsp3) is 0.850. The van der Waals surface area contributed by atoms with Gasteiger partial charge in [-0.1, -0.05) is 25.5 Å². The van der Waals surface area contributed by atoms with Crippen molar-refractivity contribution >= 4 is 5.97 Å². The molecule has 0 aromatic rings. The van der Waals surface area contributed by atoms with E-state index in [1.807, 2.05) is 0 Å². The quantitative estimate of drug-likeness (QED) is 0.629. The van der Waals surface area contributed by atoms with E-state index in [1.54, 1.807) is 4.90 Å². The van der Waals surface area contributed by atoms with Crippen LogP contribution < -0.4 is 4.90 Å². The summed E-state index contributed by atoms with van der Waals surface area (Å²) in [7, 11) is 0. The molecular weight excluding hydrogens is 302 g/mol. The number of carbonyl (C=O) groups is 1. The summed E-state index contributed by atoms with van der Waals surface area (Å²) in [5, 5.41) is 0. The molecule has 1 N–H and O–H groups in total. The van der Waals surface area contributed by atoms with Gasteiger partial charge in [-0.2, -0.15) is 0 Å². The zero-order valence-corrected chi connectivity index (χ0v) is 15.8. The van der Waals surface area contributed by atoms with Crippen LogP contribution in [0.15, 0.2) is 11.6 Å². The van der Waals surface area contributed by atoms with E-state index >= 15 is 0 Å². The molecule has 3 rings (SSSR count). The molecule has 2 saturated heterocycles. The first kappa shape index (κ1) is 17.9. The molecule has 0 aromatic heterocycles. The molecule has 0 aromatic carbocycles. The lowest BCUT2D eigenvalue weighted by Gasteiger charge is -2.55. The van der Waals surface area contributed by atoms with E-state index in [9.17, 15) is 4.79 Å². The zero-order valence-electron chi connectivity index (χ0n) is 15.8. The predicted octanol–water partition coefficient (Wildman–Crippen LogP) is 1.85. The summed E-state index contributed by atoms with van der Waals surface area (Å²) < 4.78 is 11.9. The van der Waals surface area contributed by atoms with E-state index < -0.39 is 0 Å². The van der Waals surface area contributed by atoms with E-state index in [2.05, 4.69) is 26.8 Å². The average molecular weight is 336 g/mol. The van der Waals surface area contributed by atoms with Crippen LogP contribution in [0, 0.1) is 23.2 Å². The fourth-order valence-corrected chi connectivity index (χ4v) is 5.35. The Labute approximate surface area is 146 Å². The van der Waals surface area contributed by atoms with Gasteiger partial charge in [0, 0.05) is 18.3 Å². The third kappa shape index (κ3) is 3.28. The van der Waals surface area contributed by atoms with E-state index in [0.717, 1.165) is 6.54 Å². The summed E-state index contributed by atoms with van der Waals surface area (Å²) in [5.74, 6) is 1.14. The number of likely N-dealkylation sites (tertiary alicyclic amines) is 1. The number of nitrogens with one attached hydrogen (secondary N) is 1. The summed E-state index contributed by atoms with van der Waals surface area (Å²) in [6.07, 6.45) is 6.81. The summed E-state index contributed by atoms with van der Waals surface area (Å²) in [5.41, 5.74) is 1.40. The molecule has 2 fully saturated rings. The van der Waals surface area contributed by atoms with Crippen molar-refractivity contribution < 1.29 is 19.2 Å². The molecule has 136 valence electrons. The summed E-state index contributed by atoms with van der Waals surface area (Å²) in [4.78, 5) is 13.1. The first-order chi connectivity index (χ1) is 11.4. The van der Waals surface area contributed by atoms with Gasteiger partial charge in [0.25, 0.3) is 0 Å². The molecular formula is C20H34NO3+. The van der Waals surface area contributed by atoms with Gasteiger partial charge in [0.05, 0.1) is 26.3 Å². The maximum atomic E-state index is 11.4. The molecule has 1 aliphatic carbocycles. The first-order valence-electron chi connectivity index (χ1n) is 9.71. The molecule has 2 aliphatic heterocycles. The van der Waals surface area contributed by atoms with Gasteiger partial charge in [-0.05, 0) is 38.0 Å². The van der Waals surface area contributed by atoms with Crippen molar-refractivity contribution in [2.45, 2.75) is 53.1 Å². The standard InChI is InChI=1S/C20H33NO3/c1-14-10-15(2)20(12-23-17(4)22)13-24-18(19(14)16(20)3)11-21-8-6-5-7-9-21/h10,15-16,18-19H,5-9,11-13H2,1-4H3/p+1/t15-,16+,18+,19+,20-/m0/s1. The summed E-state index contributed by atoms with van der Waals surface area (Å²) >= 11 is 0. The normalized spacial score (nSPS) is 40.1. The molecule has 3 aliphatic rings. The Hall–Kier alpha value is -0.870. The van der Waals surface area contributed by atoms with Gasteiger partial charge in [-0.15, -0.1) is 0 Å². The lowest BCUT2D eigenvalue weighted by atomic mass is 9.56. The summed E-state index contributed by atoms with van der Waals surface area (Å²) in [6, 6.07) is 0. The second-order valence-corrected chi connectivity index (χ2v) is 8.39. The highest BCUT2D eigenvalue weighted by Gasteiger charge is 2.54. The van der Waals surface area contributed by atoms with Crippen LogP contribution in [0.2, 0.25) is 0 Å². The van der Waals surface area contributed by atoms with Gasteiger partial charge in [-0.3, -0.25) is 4.79 Å². The van der Waals surface area contributed by atoms with Crippen LogP contribution in [0.1, 0.15) is 47.0 Å². The largest absolute Gasteiger partial charge is 0.465 e. The Bertz CT molecular complexity index is 497. The number of carbonyl (C=O) groups excluding carboxylic acids is 1. The summed E-state index contributed by atoms with van der Waals surface area (Å²) in [6.45, 7) is 13.3. The van der Waals surface area contributed by atoms with Gasteiger partial charge in [0.15, 0.2) is 0 Å². The Morgan fingerprint density at radius 1 is 1.33 bits per heavy atom. The van der Waals surface area contributed by atoms with Gasteiger partial charge in [-0.25, -0.2) is 0 Å². The number of hydrogen-bond acceptors (Lipinski definition) is 3. The number of allylic oxidation sites excluding steroid dienone is 1. The molecule has 2 heterocycles. The number of esters is 1. The molecule has 24 heavy (non-hydrogen) atoms. The molecule has 4 nitrogen and oxygen atoms in total. The zero-order chi connectivity index (χ0) is 17.3. The van der Waals surface area contributed by atoms with E-state index in [-0.39, 0.29) is 11.4 Å². The van der Waals surface area contributed by atoms with Gasteiger partial charge < -0.3 is 14.4 Å². The lowest BCUT2D eigenvalue weighted by molar-refractivity contribution is -0.908. The van der Waals surface area contributed by atoms with Crippen LogP contribution in [-0.2, 0) is 14.3 Å². The average Bonchev–Trinajstić information content (AvgIpc) is 2.54. The molecule has 4 heteroatoms. The minimum atomic E-state index is -0.188. The number of fused-ring (bicyclic) bond motifs is 2. The molecule has 0 radical (unpaired) electrons. The van der Waals surface area contributed by atoms with Crippen molar-refractivity contribution in [1.29, 1.82) is 0 Å². The van der Waals surface area contributed by atoms with Gasteiger partial charge >= 0.3 is 5.97 Å². The monoisotopic (exact) mass is 336 g/mol. The van der Waals surface area contributed by atoms with Crippen LogP contribution in [0.3, 0.4) is 0 Å². The Balaban J connectivity index is 1.77. The van der Waals surface area contributed by atoms with Crippen molar-refractivity contribution in [3.63, 3.8) is 0 Å². The van der Waals surface area contributed by atoms with Crippen LogP contribution >= 0.6 is 0 Å². The Kier molecular flexibility index (Phi) is 5.36. The van der Waals surface area contributed by atoms with Crippen LogP contribution in [0.5, 0.6) is 0 Å². The van der Waals surface area contributed by atoms with Crippen molar-refractivity contribution in [1.82, 2.24) is 0 Å². The SMILES string of the molecule is CC(=O)OC[C@]12CO[C@H](C[NH+]3CCCCC3)[C@H](C(C)=C[C@@H]1C)[C@H]2C.